The van der Waals surface area contributed by atoms with Crippen LogP contribution in [-0.4, -0.2) is 25.8 Å². The van der Waals surface area contributed by atoms with Crippen LogP contribution in [0.2, 0.25) is 0 Å². The average molecular weight is 311 g/mol. The second kappa shape index (κ2) is 7.58. The van der Waals surface area contributed by atoms with E-state index in [1.807, 2.05) is 56.3 Å². The van der Waals surface area contributed by atoms with Gasteiger partial charge in [-0.2, -0.15) is 0 Å². The van der Waals surface area contributed by atoms with E-state index in [-0.39, 0.29) is 0 Å². The van der Waals surface area contributed by atoms with Crippen LogP contribution in [0.25, 0.3) is 0 Å². The highest BCUT2D eigenvalue weighted by molar-refractivity contribution is 6.43. The molecule has 0 saturated carbocycles. The molecule has 0 unspecified atom stereocenters. The molecule has 0 spiro atoms. The highest BCUT2D eigenvalue weighted by atomic mass is 16.5. The van der Waals surface area contributed by atoms with Crippen LogP contribution >= 0.6 is 0 Å². The molecule has 2 aromatic carbocycles. The molecule has 0 aliphatic carbocycles. The van der Waals surface area contributed by atoms with Crippen molar-refractivity contribution in [1.82, 2.24) is 0 Å². The first-order chi connectivity index (χ1) is 11.1. The van der Waals surface area contributed by atoms with Crippen molar-refractivity contribution in [2.75, 3.05) is 14.2 Å². The van der Waals surface area contributed by atoms with Crippen molar-refractivity contribution in [1.29, 1.82) is 0 Å². The van der Waals surface area contributed by atoms with Gasteiger partial charge in [0.1, 0.15) is 12.4 Å². The molecule has 0 radical (unpaired) electrons. The monoisotopic (exact) mass is 311 g/mol. The average Bonchev–Trinajstić information content (AvgIpc) is 2.56. The van der Waals surface area contributed by atoms with E-state index in [9.17, 15) is 4.79 Å². The van der Waals surface area contributed by atoms with Gasteiger partial charge in [-0.25, -0.2) is 4.79 Å². The number of ether oxygens (including phenoxy) is 2. The van der Waals surface area contributed by atoms with Gasteiger partial charge in [-0.1, -0.05) is 36.4 Å². The molecule has 23 heavy (non-hydrogen) atoms. The Kier molecular flexibility index (Phi) is 5.52. The number of benzene rings is 2. The van der Waals surface area contributed by atoms with Crippen LogP contribution in [0.3, 0.4) is 0 Å². The summed E-state index contributed by atoms with van der Waals surface area (Å²) in [4.78, 5) is 16.1. The predicted octanol–water partition coefficient (Wildman–Crippen LogP) is 3.47. The molecule has 2 rings (SSSR count). The van der Waals surface area contributed by atoms with Gasteiger partial charge in [-0.15, -0.1) is 0 Å². The van der Waals surface area contributed by atoms with Crippen molar-refractivity contribution in [2.45, 2.75) is 20.5 Å². The quantitative estimate of drug-likeness (QED) is 0.627. The van der Waals surface area contributed by atoms with E-state index in [1.54, 1.807) is 7.05 Å². The molecule has 0 heterocycles. The van der Waals surface area contributed by atoms with Crippen LogP contribution in [0.15, 0.2) is 47.5 Å². The minimum Gasteiger partial charge on any atom is -0.489 e. The molecule has 0 aromatic heterocycles. The molecule has 120 valence electrons. The van der Waals surface area contributed by atoms with Gasteiger partial charge < -0.3 is 9.47 Å². The van der Waals surface area contributed by atoms with Crippen molar-refractivity contribution in [3.63, 3.8) is 0 Å². The van der Waals surface area contributed by atoms with Crippen LogP contribution in [0.1, 0.15) is 22.3 Å². The lowest BCUT2D eigenvalue weighted by atomic mass is 9.98. The molecule has 0 saturated heterocycles. The summed E-state index contributed by atoms with van der Waals surface area (Å²) < 4.78 is 10.8. The summed E-state index contributed by atoms with van der Waals surface area (Å²) in [5.41, 5.74) is 4.02. The summed E-state index contributed by atoms with van der Waals surface area (Å²) in [5, 5.41) is 0. The van der Waals surface area contributed by atoms with Gasteiger partial charge in [0.15, 0.2) is 5.71 Å². The number of esters is 1. The standard InChI is InChI=1S/C19H21NO3/c1-13-8-5-6-11-16(13)23-12-15-10-7-9-14(2)17(15)18(20-3)19(21)22-4/h5-11H,12H2,1-4H3. The Labute approximate surface area is 136 Å². The highest BCUT2D eigenvalue weighted by Gasteiger charge is 2.19. The molecule has 4 heteroatoms. The van der Waals surface area contributed by atoms with E-state index in [2.05, 4.69) is 4.99 Å². The molecular formula is C19H21NO3. The van der Waals surface area contributed by atoms with Crippen LogP contribution in [0, 0.1) is 13.8 Å². The van der Waals surface area contributed by atoms with Crippen LogP contribution in [0.4, 0.5) is 0 Å². The van der Waals surface area contributed by atoms with E-state index in [4.69, 9.17) is 9.47 Å². The lowest BCUT2D eigenvalue weighted by Crippen LogP contribution is -2.20. The smallest absolute Gasteiger partial charge is 0.356 e. The fourth-order valence-electron chi connectivity index (χ4n) is 2.46. The second-order valence-electron chi connectivity index (χ2n) is 5.23. The van der Waals surface area contributed by atoms with Crippen molar-refractivity contribution in [3.8, 4) is 5.75 Å². The molecule has 0 N–H and O–H groups in total. The van der Waals surface area contributed by atoms with Gasteiger partial charge in [0.25, 0.3) is 0 Å². The van der Waals surface area contributed by atoms with Gasteiger partial charge in [-0.3, -0.25) is 4.99 Å². The Bertz CT molecular complexity index is 735. The van der Waals surface area contributed by atoms with E-state index in [0.29, 0.717) is 12.3 Å². The summed E-state index contributed by atoms with van der Waals surface area (Å²) >= 11 is 0. The van der Waals surface area contributed by atoms with Crippen molar-refractivity contribution in [3.05, 3.63) is 64.7 Å². The van der Waals surface area contributed by atoms with Gasteiger partial charge in [0, 0.05) is 12.6 Å². The Balaban J connectivity index is 2.35. The lowest BCUT2D eigenvalue weighted by Gasteiger charge is -2.15. The van der Waals surface area contributed by atoms with Gasteiger partial charge >= 0.3 is 5.97 Å². The zero-order valence-corrected chi connectivity index (χ0v) is 13.9. The normalized spacial score (nSPS) is 11.2. The Hall–Kier alpha value is -2.62. The molecule has 4 nitrogen and oxygen atoms in total. The van der Waals surface area contributed by atoms with E-state index < -0.39 is 5.97 Å². The van der Waals surface area contributed by atoms with E-state index >= 15 is 0 Å². The molecule has 0 aliphatic rings. The molecule has 2 aromatic rings. The third-order valence-electron chi connectivity index (χ3n) is 3.68. The number of carbonyl (C=O) groups excluding carboxylic acids is 1. The third kappa shape index (κ3) is 3.77. The molecule has 0 bridgehead atoms. The molecule has 0 aliphatic heterocycles. The fraction of sp³-hybridized carbons (Fsp3) is 0.263. The highest BCUT2D eigenvalue weighted by Crippen LogP contribution is 2.21. The largest absolute Gasteiger partial charge is 0.489 e. The molecule has 0 atom stereocenters. The Morgan fingerprint density at radius 1 is 1.04 bits per heavy atom. The fourth-order valence-corrected chi connectivity index (χ4v) is 2.46. The second-order valence-corrected chi connectivity index (χ2v) is 5.23. The zero-order chi connectivity index (χ0) is 16.8. The van der Waals surface area contributed by atoms with Gasteiger partial charge in [0.2, 0.25) is 0 Å². The lowest BCUT2D eigenvalue weighted by molar-refractivity contribution is -0.132. The van der Waals surface area contributed by atoms with Crippen LogP contribution < -0.4 is 4.74 Å². The number of nitrogens with zero attached hydrogens (tertiary/aromatic N) is 1. The number of carbonyl (C=O) groups is 1. The number of hydrogen-bond donors (Lipinski definition) is 0. The summed E-state index contributed by atoms with van der Waals surface area (Å²) in [6, 6.07) is 13.7. The maximum atomic E-state index is 12.0. The van der Waals surface area contributed by atoms with E-state index in [1.165, 1.54) is 7.11 Å². The summed E-state index contributed by atoms with van der Waals surface area (Å²) in [7, 11) is 2.94. The van der Waals surface area contributed by atoms with E-state index in [0.717, 1.165) is 28.0 Å². The maximum Gasteiger partial charge on any atom is 0.356 e. The predicted molar refractivity (Wildman–Crippen MR) is 91.2 cm³/mol. The number of para-hydroxylation sites is 1. The van der Waals surface area contributed by atoms with Crippen LogP contribution in [0.5, 0.6) is 5.75 Å². The SMILES string of the molecule is CN=C(C(=O)OC)c1c(C)cccc1COc1ccccc1C. The summed E-state index contributed by atoms with van der Waals surface area (Å²) in [5.74, 6) is 0.381. The van der Waals surface area contributed by atoms with Gasteiger partial charge in [0.05, 0.1) is 7.11 Å². The Morgan fingerprint density at radius 3 is 2.39 bits per heavy atom. The number of hydrogen-bond acceptors (Lipinski definition) is 4. The number of aliphatic imine (C=N–C) groups is 1. The molecule has 0 amide bonds. The number of aryl methyl sites for hydroxylation is 2. The van der Waals surface area contributed by atoms with Crippen molar-refractivity contribution >= 4 is 11.7 Å². The van der Waals surface area contributed by atoms with Gasteiger partial charge in [-0.05, 0) is 36.6 Å². The number of methoxy groups -OCH3 is 1. The minimum absolute atomic E-state index is 0.314. The van der Waals surface area contributed by atoms with Crippen molar-refractivity contribution < 1.29 is 14.3 Å². The minimum atomic E-state index is -0.445. The molecule has 0 fully saturated rings. The van der Waals surface area contributed by atoms with Crippen LogP contribution in [-0.2, 0) is 16.1 Å². The van der Waals surface area contributed by atoms with Crippen molar-refractivity contribution in [2.24, 2.45) is 4.99 Å². The number of rotatable bonds is 5. The first-order valence-electron chi connectivity index (χ1n) is 7.41. The first kappa shape index (κ1) is 16.7. The maximum absolute atomic E-state index is 12.0. The topological polar surface area (TPSA) is 47.9 Å². The summed E-state index contributed by atoms with van der Waals surface area (Å²) in [6.45, 7) is 4.30. The third-order valence-corrected chi connectivity index (χ3v) is 3.68. The first-order valence-corrected chi connectivity index (χ1v) is 7.41. The Morgan fingerprint density at radius 2 is 1.74 bits per heavy atom. The zero-order valence-electron chi connectivity index (χ0n) is 13.9. The summed E-state index contributed by atoms with van der Waals surface area (Å²) in [6.07, 6.45) is 0. The molecular weight excluding hydrogens is 290 g/mol.